The van der Waals surface area contributed by atoms with Crippen molar-refractivity contribution in [3.63, 3.8) is 0 Å². The fraction of sp³-hybridized carbons (Fsp3) is 0.485. The summed E-state index contributed by atoms with van der Waals surface area (Å²) in [7, 11) is 2.66. The first-order chi connectivity index (χ1) is 19.7. The van der Waals surface area contributed by atoms with E-state index in [1.54, 1.807) is 11.8 Å². The van der Waals surface area contributed by atoms with Crippen molar-refractivity contribution in [2.45, 2.75) is 94.8 Å². The van der Waals surface area contributed by atoms with Gasteiger partial charge >= 0.3 is 17.6 Å². The van der Waals surface area contributed by atoms with Gasteiger partial charge in [-0.2, -0.15) is 0 Å². The molecule has 2 aromatic carbocycles. The summed E-state index contributed by atoms with van der Waals surface area (Å²) in [5, 5.41) is 11.9. The van der Waals surface area contributed by atoms with Gasteiger partial charge in [0.05, 0.1) is 37.6 Å². The van der Waals surface area contributed by atoms with Crippen molar-refractivity contribution < 1.29 is 28.6 Å². The number of rotatable bonds is 15. The third kappa shape index (κ3) is 8.46. The average molecular weight is 583 g/mol. The van der Waals surface area contributed by atoms with Crippen molar-refractivity contribution in [1.29, 1.82) is 0 Å². The lowest BCUT2D eigenvalue weighted by Crippen LogP contribution is -2.18. The molecule has 1 heterocycles. The van der Waals surface area contributed by atoms with E-state index >= 15 is 0 Å². The third-order valence-electron chi connectivity index (χ3n) is 7.40. The number of hydrogen-bond acceptors (Lipinski definition) is 8. The highest BCUT2D eigenvalue weighted by molar-refractivity contribution is 7.99. The number of aryl methyl sites for hydroxylation is 3. The number of fused-ring (bicyclic) bond motifs is 1. The molecular formula is C33H42O7S. The predicted octanol–water partition coefficient (Wildman–Crippen LogP) is 6.65. The highest BCUT2D eigenvalue weighted by Crippen LogP contribution is 2.43. The van der Waals surface area contributed by atoms with E-state index in [1.165, 1.54) is 19.8 Å². The van der Waals surface area contributed by atoms with Gasteiger partial charge in [0.1, 0.15) is 5.58 Å². The van der Waals surface area contributed by atoms with E-state index in [0.29, 0.717) is 36.0 Å². The van der Waals surface area contributed by atoms with E-state index in [-0.39, 0.29) is 24.1 Å². The summed E-state index contributed by atoms with van der Waals surface area (Å²) >= 11 is 1.55. The molecule has 0 radical (unpaired) electrons. The summed E-state index contributed by atoms with van der Waals surface area (Å²) in [4.78, 5) is 37.5. The molecular weight excluding hydrogens is 540 g/mol. The van der Waals surface area contributed by atoms with E-state index < -0.39 is 17.7 Å². The molecule has 0 saturated heterocycles. The van der Waals surface area contributed by atoms with Crippen molar-refractivity contribution in [1.82, 2.24) is 0 Å². The number of benzene rings is 2. The molecule has 0 aliphatic heterocycles. The topological polar surface area (TPSA) is 103 Å². The van der Waals surface area contributed by atoms with Gasteiger partial charge in [0.25, 0.3) is 0 Å². The van der Waals surface area contributed by atoms with Crippen molar-refractivity contribution in [3.8, 4) is 0 Å². The fourth-order valence-corrected chi connectivity index (χ4v) is 6.32. The van der Waals surface area contributed by atoms with Crippen molar-refractivity contribution >= 4 is 34.7 Å². The van der Waals surface area contributed by atoms with Crippen LogP contribution in [0.4, 0.5) is 0 Å². The van der Waals surface area contributed by atoms with E-state index in [4.69, 9.17) is 13.9 Å². The Labute approximate surface area is 246 Å². The molecule has 0 aliphatic carbocycles. The highest BCUT2D eigenvalue weighted by Gasteiger charge is 2.26. The van der Waals surface area contributed by atoms with E-state index in [1.807, 2.05) is 19.1 Å². The first-order valence-corrected chi connectivity index (χ1v) is 15.3. The molecule has 2 atom stereocenters. The first-order valence-electron chi connectivity index (χ1n) is 14.4. The average Bonchev–Trinajstić information content (AvgIpc) is 2.97. The molecule has 41 heavy (non-hydrogen) atoms. The quantitative estimate of drug-likeness (QED) is 0.121. The molecule has 0 aliphatic rings. The van der Waals surface area contributed by atoms with Crippen molar-refractivity contribution in [3.05, 3.63) is 74.6 Å². The SMILES string of the molecule is CCCCc1ccc(C(Sc2ccc3c(C)c(CC(=O)OC)c(=O)oc3c2CCC)C(O)CCCC(=O)OC)cc1. The number of aliphatic hydroxyl groups excluding tert-OH is 1. The molecule has 0 bridgehead atoms. The van der Waals surface area contributed by atoms with Crippen LogP contribution in [0, 0.1) is 6.92 Å². The number of aliphatic hydroxyl groups is 1. The maximum atomic E-state index is 13.0. The molecule has 0 amide bonds. The van der Waals surface area contributed by atoms with Gasteiger partial charge in [-0.1, -0.05) is 51.0 Å². The molecule has 2 unspecified atom stereocenters. The summed E-state index contributed by atoms with van der Waals surface area (Å²) in [6.07, 6.45) is 5.10. The zero-order valence-electron chi connectivity index (χ0n) is 24.8. The van der Waals surface area contributed by atoms with Gasteiger partial charge in [0, 0.05) is 22.3 Å². The Balaban J connectivity index is 2.03. The van der Waals surface area contributed by atoms with Crippen molar-refractivity contribution in [2.75, 3.05) is 14.2 Å². The summed E-state index contributed by atoms with van der Waals surface area (Å²) in [5.74, 6) is -0.788. The molecule has 0 saturated carbocycles. The second-order valence-corrected chi connectivity index (χ2v) is 11.5. The maximum Gasteiger partial charge on any atom is 0.340 e. The lowest BCUT2D eigenvalue weighted by Gasteiger charge is -2.25. The van der Waals surface area contributed by atoms with Crippen LogP contribution in [0.5, 0.6) is 0 Å². The van der Waals surface area contributed by atoms with E-state index in [2.05, 4.69) is 38.1 Å². The second kappa shape index (κ2) is 15.8. The number of carbonyl (C=O) groups excluding carboxylic acids is 2. The third-order valence-corrected chi connectivity index (χ3v) is 8.88. The number of unbranched alkanes of at least 4 members (excludes halogenated alkanes) is 1. The zero-order chi connectivity index (χ0) is 29.9. The minimum Gasteiger partial charge on any atom is -0.469 e. The fourth-order valence-electron chi connectivity index (χ4n) is 4.98. The van der Waals surface area contributed by atoms with Gasteiger partial charge in [-0.05, 0) is 67.9 Å². The van der Waals surface area contributed by atoms with Crippen LogP contribution in [0.25, 0.3) is 11.0 Å². The van der Waals surface area contributed by atoms with Crippen LogP contribution in [0.1, 0.15) is 85.4 Å². The van der Waals surface area contributed by atoms with Crippen LogP contribution in [-0.4, -0.2) is 37.4 Å². The summed E-state index contributed by atoms with van der Waals surface area (Å²) in [6.45, 7) is 6.07. The van der Waals surface area contributed by atoms with Gasteiger partial charge in [-0.3, -0.25) is 9.59 Å². The van der Waals surface area contributed by atoms with Gasteiger partial charge in [-0.25, -0.2) is 4.79 Å². The van der Waals surface area contributed by atoms with Crippen LogP contribution in [-0.2, 0) is 38.3 Å². The molecule has 3 rings (SSSR count). The second-order valence-electron chi connectivity index (χ2n) is 10.3. The van der Waals surface area contributed by atoms with Crippen LogP contribution in [0.2, 0.25) is 0 Å². The lowest BCUT2D eigenvalue weighted by atomic mass is 9.99. The van der Waals surface area contributed by atoms with Gasteiger partial charge in [-0.15, -0.1) is 11.8 Å². The Hall–Kier alpha value is -3.10. The molecule has 3 aromatic rings. The van der Waals surface area contributed by atoms with Gasteiger partial charge in [0.2, 0.25) is 0 Å². The maximum absolute atomic E-state index is 13.0. The lowest BCUT2D eigenvalue weighted by molar-refractivity contribution is -0.141. The number of methoxy groups -OCH3 is 2. The molecule has 7 nitrogen and oxygen atoms in total. The number of hydrogen-bond donors (Lipinski definition) is 1. The van der Waals surface area contributed by atoms with Gasteiger partial charge in [0.15, 0.2) is 0 Å². The van der Waals surface area contributed by atoms with Crippen LogP contribution >= 0.6 is 11.8 Å². The minimum absolute atomic E-state index is 0.145. The van der Waals surface area contributed by atoms with E-state index in [0.717, 1.165) is 47.1 Å². The highest BCUT2D eigenvalue weighted by atomic mass is 32.2. The summed E-state index contributed by atoms with van der Waals surface area (Å²) < 4.78 is 15.4. The van der Waals surface area contributed by atoms with Crippen molar-refractivity contribution in [2.24, 2.45) is 0 Å². The molecule has 0 spiro atoms. The van der Waals surface area contributed by atoms with Crippen LogP contribution < -0.4 is 5.63 Å². The Morgan fingerprint density at radius 1 is 0.927 bits per heavy atom. The summed E-state index contributed by atoms with van der Waals surface area (Å²) in [6, 6.07) is 12.3. The largest absolute Gasteiger partial charge is 0.469 e. The first kappa shape index (κ1) is 32.4. The van der Waals surface area contributed by atoms with Crippen LogP contribution in [0.15, 0.2) is 50.5 Å². The molecule has 222 valence electrons. The number of carbonyl (C=O) groups is 2. The number of ether oxygens (including phenoxy) is 2. The zero-order valence-corrected chi connectivity index (χ0v) is 25.6. The Morgan fingerprint density at radius 2 is 1.63 bits per heavy atom. The molecule has 8 heteroatoms. The molecule has 1 N–H and O–H groups in total. The van der Waals surface area contributed by atoms with Gasteiger partial charge < -0.3 is 19.0 Å². The normalized spacial score (nSPS) is 12.7. The number of esters is 2. The van der Waals surface area contributed by atoms with Crippen LogP contribution in [0.3, 0.4) is 0 Å². The monoisotopic (exact) mass is 582 g/mol. The summed E-state index contributed by atoms with van der Waals surface area (Å²) in [5.41, 5.74) is 4.15. The Kier molecular flexibility index (Phi) is 12.5. The molecule has 1 aromatic heterocycles. The molecule has 0 fully saturated rings. The smallest absolute Gasteiger partial charge is 0.340 e. The Morgan fingerprint density at radius 3 is 2.27 bits per heavy atom. The predicted molar refractivity (Wildman–Crippen MR) is 162 cm³/mol. The minimum atomic E-state index is -0.715. The standard InChI is InChI=1S/C33H42O7S/c1-6-8-11-22-14-16-23(17-15-22)32(27(34)12-9-13-29(35)38-4)41-28-19-18-24-21(3)26(20-30(36)39-5)33(37)40-31(24)25(28)10-7-2/h14-19,27,32,34H,6-13,20H2,1-5H3. The Bertz CT molecular complexity index is 1380. The number of thioether (sulfide) groups is 1. The van der Waals surface area contributed by atoms with E-state index in [9.17, 15) is 19.5 Å².